The Balaban J connectivity index is 2.53. The van der Waals surface area contributed by atoms with E-state index >= 15 is 0 Å². The number of alkyl halides is 6. The van der Waals surface area contributed by atoms with Gasteiger partial charge in [0.2, 0.25) is 15.9 Å². The molecule has 0 radical (unpaired) electrons. The quantitative estimate of drug-likeness (QED) is 0.541. The van der Waals surface area contributed by atoms with Crippen LogP contribution in [0.15, 0.2) is 41.3 Å². The molecule has 0 heterocycles. The molecular formula is C19H17F6NO6S2. The van der Waals surface area contributed by atoms with Crippen molar-refractivity contribution in [3.05, 3.63) is 53.1 Å². The number of nitrogens with one attached hydrogen (secondary N) is 1. The van der Waals surface area contributed by atoms with Crippen LogP contribution in [0.25, 0.3) is 0 Å². The number of halogens is 6. The number of carbonyl (C=O) groups excluding carboxylic acids is 1. The van der Waals surface area contributed by atoms with Gasteiger partial charge in [0, 0.05) is 6.26 Å². The Morgan fingerprint density at radius 3 is 2.06 bits per heavy atom. The van der Waals surface area contributed by atoms with Crippen molar-refractivity contribution in [3.63, 3.8) is 0 Å². The van der Waals surface area contributed by atoms with Crippen LogP contribution in [-0.4, -0.2) is 34.8 Å². The first-order valence-corrected chi connectivity index (χ1v) is 12.7. The molecule has 0 atom stereocenters. The van der Waals surface area contributed by atoms with Gasteiger partial charge in [0.25, 0.3) is 0 Å². The van der Waals surface area contributed by atoms with Gasteiger partial charge >= 0.3 is 12.4 Å². The molecule has 1 amide bonds. The van der Waals surface area contributed by atoms with Crippen LogP contribution in [-0.2, 0) is 43.4 Å². The van der Waals surface area contributed by atoms with Crippen LogP contribution in [0.4, 0.5) is 26.3 Å². The summed E-state index contributed by atoms with van der Waals surface area (Å²) in [5, 5.41) is 0. The minimum Gasteiger partial charge on any atom is -0.457 e. The lowest BCUT2D eigenvalue weighted by atomic mass is 10.1. The number of hydrogen-bond donors (Lipinski definition) is 1. The molecule has 188 valence electrons. The first kappa shape index (κ1) is 27.4. The van der Waals surface area contributed by atoms with Gasteiger partial charge < -0.3 is 4.74 Å². The van der Waals surface area contributed by atoms with Gasteiger partial charge in [-0.2, -0.15) is 26.3 Å². The van der Waals surface area contributed by atoms with Crippen molar-refractivity contribution in [2.75, 3.05) is 12.0 Å². The molecule has 2 rings (SSSR count). The van der Waals surface area contributed by atoms with Crippen molar-refractivity contribution >= 4 is 25.8 Å². The molecule has 0 aromatic heterocycles. The highest BCUT2D eigenvalue weighted by atomic mass is 32.2. The fourth-order valence-corrected chi connectivity index (χ4v) is 3.84. The standard InChI is InChI=1S/C19H17F6NO6S2/c1-3-34(30,31)26-17(27)8-11-6-12(18(20,21)22)9-13(7-11)32-16-5-4-14(33(2,28)29)10-15(16)19(23,24)25/h4-7,9-10H,3,8H2,1-2H3,(H,26,27). The van der Waals surface area contributed by atoms with Crippen LogP contribution in [0.3, 0.4) is 0 Å². The predicted octanol–water partition coefficient (Wildman–Crippen LogP) is 3.93. The molecule has 0 unspecified atom stereocenters. The zero-order chi connectivity index (χ0) is 26.1. The largest absolute Gasteiger partial charge is 0.457 e. The van der Waals surface area contributed by atoms with E-state index in [9.17, 15) is 48.0 Å². The molecule has 0 aliphatic rings. The van der Waals surface area contributed by atoms with Gasteiger partial charge in [0.05, 0.1) is 28.2 Å². The average Bonchev–Trinajstić information content (AvgIpc) is 2.65. The van der Waals surface area contributed by atoms with Crippen molar-refractivity contribution in [2.45, 2.75) is 30.6 Å². The number of amides is 1. The summed E-state index contributed by atoms with van der Waals surface area (Å²) in [6, 6.07) is 3.44. The van der Waals surface area contributed by atoms with Gasteiger partial charge in [-0.3, -0.25) is 9.52 Å². The van der Waals surface area contributed by atoms with Crippen LogP contribution < -0.4 is 9.46 Å². The highest BCUT2D eigenvalue weighted by molar-refractivity contribution is 7.90. The normalized spacial score (nSPS) is 12.9. The number of ether oxygens (including phenoxy) is 1. The number of benzene rings is 2. The van der Waals surface area contributed by atoms with Crippen molar-refractivity contribution in [3.8, 4) is 11.5 Å². The molecule has 0 saturated heterocycles. The fourth-order valence-electron chi connectivity index (χ4n) is 2.63. The lowest BCUT2D eigenvalue weighted by Gasteiger charge is -2.17. The second kappa shape index (κ2) is 9.44. The van der Waals surface area contributed by atoms with Gasteiger partial charge in [-0.1, -0.05) is 0 Å². The molecule has 0 bridgehead atoms. The molecule has 0 spiro atoms. The second-order valence-corrected chi connectivity index (χ2v) is 11.0. The van der Waals surface area contributed by atoms with Crippen molar-refractivity contribution in [2.24, 2.45) is 0 Å². The fraction of sp³-hybridized carbons (Fsp3) is 0.316. The monoisotopic (exact) mass is 533 g/mol. The molecule has 0 fully saturated rings. The molecule has 2 aromatic carbocycles. The number of rotatable bonds is 7. The molecule has 7 nitrogen and oxygen atoms in total. The molecule has 34 heavy (non-hydrogen) atoms. The maximum atomic E-state index is 13.5. The Kier molecular flexibility index (Phi) is 7.62. The summed E-state index contributed by atoms with van der Waals surface area (Å²) in [5.41, 5.74) is -3.32. The Labute approximate surface area is 190 Å². The minimum absolute atomic E-state index is 0.280. The molecule has 0 saturated carbocycles. The van der Waals surface area contributed by atoms with Crippen LogP contribution in [0.2, 0.25) is 0 Å². The van der Waals surface area contributed by atoms with Crippen LogP contribution in [0.1, 0.15) is 23.6 Å². The third-order valence-electron chi connectivity index (χ3n) is 4.22. The zero-order valence-corrected chi connectivity index (χ0v) is 19.0. The SMILES string of the molecule is CCS(=O)(=O)NC(=O)Cc1cc(Oc2ccc(S(C)(=O)=O)cc2C(F)(F)F)cc(C(F)(F)F)c1. The summed E-state index contributed by atoms with van der Waals surface area (Å²) in [5.74, 6) is -3.36. The van der Waals surface area contributed by atoms with Gasteiger partial charge in [0.1, 0.15) is 11.5 Å². The number of sulfone groups is 1. The Morgan fingerprint density at radius 2 is 1.56 bits per heavy atom. The van der Waals surface area contributed by atoms with Crippen LogP contribution in [0.5, 0.6) is 11.5 Å². The highest BCUT2D eigenvalue weighted by Gasteiger charge is 2.36. The second-order valence-electron chi connectivity index (χ2n) is 7.00. The Morgan fingerprint density at radius 1 is 0.941 bits per heavy atom. The first-order valence-electron chi connectivity index (χ1n) is 9.15. The van der Waals surface area contributed by atoms with Crippen molar-refractivity contribution in [1.29, 1.82) is 0 Å². The Bertz CT molecular complexity index is 1300. The zero-order valence-electron chi connectivity index (χ0n) is 17.4. The van der Waals surface area contributed by atoms with Gasteiger partial charge in [-0.15, -0.1) is 0 Å². The van der Waals surface area contributed by atoms with E-state index in [0.29, 0.717) is 24.5 Å². The maximum Gasteiger partial charge on any atom is 0.420 e. The third kappa shape index (κ3) is 7.35. The van der Waals surface area contributed by atoms with E-state index in [1.165, 1.54) is 6.92 Å². The smallest absolute Gasteiger partial charge is 0.420 e. The summed E-state index contributed by atoms with van der Waals surface area (Å²) < 4.78 is 133. The van der Waals surface area contributed by atoms with E-state index in [2.05, 4.69) is 0 Å². The van der Waals surface area contributed by atoms with Gasteiger partial charge in [-0.25, -0.2) is 16.8 Å². The molecule has 2 aromatic rings. The summed E-state index contributed by atoms with van der Waals surface area (Å²) in [6.45, 7) is 1.22. The van der Waals surface area contributed by atoms with E-state index in [4.69, 9.17) is 4.74 Å². The van der Waals surface area contributed by atoms with Crippen molar-refractivity contribution in [1.82, 2.24) is 4.72 Å². The van der Waals surface area contributed by atoms with Gasteiger partial charge in [-0.05, 0) is 48.9 Å². The van der Waals surface area contributed by atoms with E-state index in [1.54, 1.807) is 4.72 Å². The Hall–Kier alpha value is -2.81. The number of sulfonamides is 1. The maximum absolute atomic E-state index is 13.5. The average molecular weight is 533 g/mol. The molecule has 15 heteroatoms. The molecule has 0 aliphatic heterocycles. The minimum atomic E-state index is -5.12. The lowest BCUT2D eigenvalue weighted by molar-refractivity contribution is -0.139. The van der Waals surface area contributed by atoms with Crippen LogP contribution >= 0.6 is 0 Å². The number of hydrogen-bond acceptors (Lipinski definition) is 6. The first-order chi connectivity index (χ1) is 15.3. The van der Waals surface area contributed by atoms with E-state index in [0.717, 1.165) is 12.1 Å². The molecule has 0 aliphatic carbocycles. The van der Waals surface area contributed by atoms with E-state index in [1.807, 2.05) is 0 Å². The van der Waals surface area contributed by atoms with Crippen LogP contribution in [0, 0.1) is 0 Å². The van der Waals surface area contributed by atoms with Crippen molar-refractivity contribution < 1.29 is 52.7 Å². The topological polar surface area (TPSA) is 107 Å². The van der Waals surface area contributed by atoms with Gasteiger partial charge in [0.15, 0.2) is 9.84 Å². The summed E-state index contributed by atoms with van der Waals surface area (Å²) in [6.07, 6.45) is -10.3. The predicted molar refractivity (Wildman–Crippen MR) is 107 cm³/mol. The highest BCUT2D eigenvalue weighted by Crippen LogP contribution is 2.41. The summed E-state index contributed by atoms with van der Waals surface area (Å²) in [7, 11) is -8.04. The molecular weight excluding hydrogens is 516 g/mol. The molecule has 1 N–H and O–H groups in total. The third-order valence-corrected chi connectivity index (χ3v) is 6.63. The van der Waals surface area contributed by atoms with E-state index < -0.39 is 83.4 Å². The number of carbonyl (C=O) groups is 1. The summed E-state index contributed by atoms with van der Waals surface area (Å²) >= 11 is 0. The van der Waals surface area contributed by atoms with E-state index in [-0.39, 0.29) is 6.07 Å². The summed E-state index contributed by atoms with van der Waals surface area (Å²) in [4.78, 5) is 11.2. The lowest BCUT2D eigenvalue weighted by Crippen LogP contribution is -2.32.